The summed E-state index contributed by atoms with van der Waals surface area (Å²) < 4.78 is 0. The van der Waals surface area contributed by atoms with Gasteiger partial charge in [0.2, 0.25) is 0 Å². The monoisotopic (exact) mass is 159 g/mol. The van der Waals surface area contributed by atoms with Gasteiger partial charge in [0.05, 0.1) is 0 Å². The molecule has 0 aliphatic heterocycles. The summed E-state index contributed by atoms with van der Waals surface area (Å²) in [4.78, 5) is 2.33. The molecule has 0 spiro atoms. The summed E-state index contributed by atoms with van der Waals surface area (Å²) in [7, 11) is 2.15. The maximum Gasteiger partial charge on any atom is 0.00382 e. The molecule has 0 fully saturated rings. The van der Waals surface area contributed by atoms with Gasteiger partial charge in [-0.3, -0.25) is 0 Å². The van der Waals surface area contributed by atoms with Crippen molar-refractivity contribution in [2.45, 2.75) is 60.0 Å². The molecule has 70 valence electrons. The first-order valence-electron chi connectivity index (χ1n) is 4.69. The molecule has 11 heavy (non-hydrogen) atoms. The van der Waals surface area contributed by atoms with E-state index in [2.05, 4.69) is 53.5 Å². The van der Waals surface area contributed by atoms with Crippen LogP contribution >= 0.6 is 0 Å². The van der Waals surface area contributed by atoms with E-state index in [1.165, 1.54) is 6.42 Å². The maximum atomic E-state index is 2.33. The zero-order chi connectivity index (χ0) is 9.44. The van der Waals surface area contributed by atoms with Gasteiger partial charge in [-0.2, -0.15) is 0 Å². The van der Waals surface area contributed by atoms with Gasteiger partial charge < -0.3 is 4.90 Å². The van der Waals surface area contributed by atoms with E-state index in [1.54, 1.807) is 0 Å². The smallest absolute Gasteiger partial charge is 0.00382 e. The van der Waals surface area contributed by atoms with E-state index in [-0.39, 0.29) is 0 Å². The second-order valence-electron chi connectivity index (χ2n) is 3.56. The van der Waals surface area contributed by atoms with Gasteiger partial charge in [-0.05, 0) is 34.7 Å². The summed E-state index contributed by atoms with van der Waals surface area (Å²) in [6.45, 7) is 13.1. The third-order valence-electron chi connectivity index (χ3n) is 1.63. The molecular formula is C10H25N. The molecule has 0 atom stereocenters. The number of hydrogen-bond acceptors (Lipinski definition) is 1. The zero-order valence-corrected chi connectivity index (χ0v) is 9.31. The fraction of sp³-hybridized carbons (Fsp3) is 1.00. The lowest BCUT2D eigenvalue weighted by Gasteiger charge is -2.24. The van der Waals surface area contributed by atoms with Crippen molar-refractivity contribution >= 4 is 0 Å². The van der Waals surface area contributed by atoms with Crippen LogP contribution in [0.3, 0.4) is 0 Å². The molecule has 1 nitrogen and oxygen atoms in total. The molecule has 0 heterocycles. The first kappa shape index (κ1) is 13.5. The van der Waals surface area contributed by atoms with Crippen LogP contribution in [0.4, 0.5) is 0 Å². The number of hydrogen-bond donors (Lipinski definition) is 0. The molecule has 0 radical (unpaired) electrons. The Morgan fingerprint density at radius 1 is 0.909 bits per heavy atom. The lowest BCUT2D eigenvalue weighted by Crippen LogP contribution is -2.32. The van der Waals surface area contributed by atoms with E-state index >= 15 is 0 Å². The molecule has 0 bridgehead atoms. The lowest BCUT2D eigenvalue weighted by molar-refractivity contribution is 0.222. The Hall–Kier alpha value is -0.0400. The molecule has 0 aliphatic carbocycles. The molecular weight excluding hydrogens is 134 g/mol. The average molecular weight is 159 g/mol. The fourth-order valence-electron chi connectivity index (χ4n) is 0.596. The van der Waals surface area contributed by atoms with Gasteiger partial charge in [0.15, 0.2) is 0 Å². The average Bonchev–Trinajstić information content (AvgIpc) is 1.87. The van der Waals surface area contributed by atoms with Crippen molar-refractivity contribution in [2.24, 2.45) is 0 Å². The van der Waals surface area contributed by atoms with Gasteiger partial charge in [0.25, 0.3) is 0 Å². The molecule has 0 saturated carbocycles. The highest BCUT2D eigenvalue weighted by Crippen LogP contribution is 1.98. The van der Waals surface area contributed by atoms with Gasteiger partial charge >= 0.3 is 0 Å². The van der Waals surface area contributed by atoms with Gasteiger partial charge in [0.1, 0.15) is 0 Å². The van der Waals surface area contributed by atoms with Crippen LogP contribution in [0.1, 0.15) is 48.0 Å². The van der Waals surface area contributed by atoms with Crippen molar-refractivity contribution in [3.63, 3.8) is 0 Å². The standard InChI is InChI=1S/C7H17N.C3H8/c1-6(2)8(5)7(3)4;1-3-2/h6-7H,1-5H3;3H2,1-2H3. The topological polar surface area (TPSA) is 3.24 Å². The van der Waals surface area contributed by atoms with E-state index in [0.29, 0.717) is 12.1 Å². The van der Waals surface area contributed by atoms with Gasteiger partial charge in [-0.15, -0.1) is 0 Å². The molecule has 0 unspecified atom stereocenters. The van der Waals surface area contributed by atoms with Crippen molar-refractivity contribution in [2.75, 3.05) is 7.05 Å². The molecule has 0 amide bonds. The van der Waals surface area contributed by atoms with Gasteiger partial charge in [-0.1, -0.05) is 20.3 Å². The Kier molecular flexibility index (Phi) is 9.92. The number of nitrogens with zero attached hydrogens (tertiary/aromatic N) is 1. The third-order valence-corrected chi connectivity index (χ3v) is 1.63. The second-order valence-corrected chi connectivity index (χ2v) is 3.56. The Balaban J connectivity index is 0. The molecule has 1 heteroatoms. The fourth-order valence-corrected chi connectivity index (χ4v) is 0.596. The molecule has 0 N–H and O–H groups in total. The van der Waals surface area contributed by atoms with Crippen molar-refractivity contribution in [1.29, 1.82) is 0 Å². The van der Waals surface area contributed by atoms with E-state index < -0.39 is 0 Å². The van der Waals surface area contributed by atoms with Gasteiger partial charge in [-0.25, -0.2) is 0 Å². The van der Waals surface area contributed by atoms with E-state index in [1.807, 2.05) is 0 Å². The van der Waals surface area contributed by atoms with Crippen LogP contribution in [-0.2, 0) is 0 Å². The summed E-state index contributed by atoms with van der Waals surface area (Å²) in [5.74, 6) is 0. The molecule has 0 rings (SSSR count). The van der Waals surface area contributed by atoms with Crippen LogP contribution in [0.25, 0.3) is 0 Å². The minimum Gasteiger partial charge on any atom is -0.302 e. The zero-order valence-electron chi connectivity index (χ0n) is 9.31. The largest absolute Gasteiger partial charge is 0.302 e. The Morgan fingerprint density at radius 2 is 1.09 bits per heavy atom. The van der Waals surface area contributed by atoms with E-state index in [9.17, 15) is 0 Å². The van der Waals surface area contributed by atoms with Crippen molar-refractivity contribution in [3.05, 3.63) is 0 Å². The summed E-state index contributed by atoms with van der Waals surface area (Å²) >= 11 is 0. The van der Waals surface area contributed by atoms with Crippen molar-refractivity contribution in [3.8, 4) is 0 Å². The Labute approximate surface area is 72.8 Å². The second kappa shape index (κ2) is 8.06. The molecule has 0 aromatic carbocycles. The molecule has 0 aliphatic rings. The predicted molar refractivity (Wildman–Crippen MR) is 54.0 cm³/mol. The van der Waals surface area contributed by atoms with E-state index in [0.717, 1.165) is 0 Å². The highest BCUT2D eigenvalue weighted by molar-refractivity contribution is 4.60. The summed E-state index contributed by atoms with van der Waals surface area (Å²) in [6.07, 6.45) is 1.25. The molecule has 0 aromatic heterocycles. The van der Waals surface area contributed by atoms with Crippen molar-refractivity contribution < 1.29 is 0 Å². The van der Waals surface area contributed by atoms with Crippen LogP contribution in [0, 0.1) is 0 Å². The summed E-state index contributed by atoms with van der Waals surface area (Å²) in [5.41, 5.74) is 0. The Morgan fingerprint density at radius 3 is 1.09 bits per heavy atom. The van der Waals surface area contributed by atoms with Crippen molar-refractivity contribution in [1.82, 2.24) is 4.90 Å². The minimum absolute atomic E-state index is 0.676. The third kappa shape index (κ3) is 9.96. The Bertz CT molecular complexity index is 59.3. The predicted octanol–water partition coefficient (Wildman–Crippen LogP) is 3.15. The van der Waals surface area contributed by atoms with Crippen LogP contribution in [-0.4, -0.2) is 24.0 Å². The molecule has 0 aromatic rings. The normalized spacial score (nSPS) is 10.4. The summed E-state index contributed by atoms with van der Waals surface area (Å²) in [6, 6.07) is 1.35. The van der Waals surface area contributed by atoms with Crippen LogP contribution in [0.15, 0.2) is 0 Å². The summed E-state index contributed by atoms with van der Waals surface area (Å²) in [5, 5.41) is 0. The van der Waals surface area contributed by atoms with E-state index in [4.69, 9.17) is 0 Å². The van der Waals surface area contributed by atoms with Crippen LogP contribution in [0.5, 0.6) is 0 Å². The lowest BCUT2D eigenvalue weighted by atomic mass is 10.3. The first-order chi connectivity index (χ1) is 4.97. The first-order valence-corrected chi connectivity index (χ1v) is 4.69. The minimum atomic E-state index is 0.676. The number of rotatable bonds is 2. The SMILES string of the molecule is CC(C)N(C)C(C)C.CCC. The highest BCUT2D eigenvalue weighted by atomic mass is 15.1. The van der Waals surface area contributed by atoms with Crippen LogP contribution in [0.2, 0.25) is 0 Å². The van der Waals surface area contributed by atoms with Gasteiger partial charge in [0, 0.05) is 12.1 Å². The molecule has 0 saturated heterocycles. The maximum absolute atomic E-state index is 2.33. The highest BCUT2D eigenvalue weighted by Gasteiger charge is 2.04. The quantitative estimate of drug-likeness (QED) is 0.598. The van der Waals surface area contributed by atoms with Crippen LogP contribution < -0.4 is 0 Å².